The summed E-state index contributed by atoms with van der Waals surface area (Å²) in [7, 11) is 0. The molecule has 3 aliphatic heterocycles. The number of ether oxygens (including phenoxy) is 2. The van der Waals surface area contributed by atoms with Gasteiger partial charge in [0.25, 0.3) is 5.91 Å². The van der Waals surface area contributed by atoms with Gasteiger partial charge in [-0.05, 0) is 68.7 Å². The summed E-state index contributed by atoms with van der Waals surface area (Å²) in [5.74, 6) is -3.17. The lowest BCUT2D eigenvalue weighted by Crippen LogP contribution is -2.57. The number of aryl methyl sites for hydroxylation is 2. The molecule has 8 nitrogen and oxygen atoms in total. The molecule has 0 saturated carbocycles. The summed E-state index contributed by atoms with van der Waals surface area (Å²) in [4.78, 5) is 46.8. The van der Waals surface area contributed by atoms with Crippen molar-refractivity contribution in [3.63, 3.8) is 0 Å². The average Bonchev–Trinajstić information content (AvgIpc) is 3.52. The van der Waals surface area contributed by atoms with Crippen LogP contribution in [0.2, 0.25) is 0 Å². The molecule has 0 aromatic heterocycles. The lowest BCUT2D eigenvalue weighted by molar-refractivity contribution is -0.162. The van der Waals surface area contributed by atoms with Gasteiger partial charge in [0.2, 0.25) is 5.91 Å². The van der Waals surface area contributed by atoms with E-state index in [2.05, 4.69) is 13.2 Å². The zero-order valence-electron chi connectivity index (χ0n) is 26.2. The number of allylic oxidation sites excluding steroid dienone is 1. The third-order valence-electron chi connectivity index (χ3n) is 9.96. The molecule has 2 amide bonds. The lowest BCUT2D eigenvalue weighted by atomic mass is 9.62. The molecule has 1 N–H and O–H groups in total. The molecule has 7 atom stereocenters. The number of rotatable bonds is 12. The summed E-state index contributed by atoms with van der Waals surface area (Å²) in [5, 5.41) is 10.8. The Bertz CT molecular complexity index is 1440. The molecule has 2 aromatic rings. The third-order valence-corrected chi connectivity index (χ3v) is 9.96. The number of esters is 1. The van der Waals surface area contributed by atoms with Crippen molar-refractivity contribution >= 4 is 23.5 Å². The molecular formula is C36H44N2O6. The smallest absolute Gasteiger partial charge is 0.312 e. The molecule has 2 aromatic carbocycles. The van der Waals surface area contributed by atoms with Crippen LogP contribution < -0.4 is 4.90 Å². The van der Waals surface area contributed by atoms with Gasteiger partial charge in [0, 0.05) is 12.2 Å². The third kappa shape index (κ3) is 4.98. The minimum absolute atomic E-state index is 0.134. The molecule has 3 unspecified atom stereocenters. The van der Waals surface area contributed by atoms with Gasteiger partial charge in [-0.2, -0.15) is 0 Å². The first-order valence-corrected chi connectivity index (χ1v) is 15.5. The fourth-order valence-electron chi connectivity index (χ4n) is 7.76. The van der Waals surface area contributed by atoms with Gasteiger partial charge in [0.05, 0.1) is 30.8 Å². The Kier molecular flexibility index (Phi) is 8.87. The van der Waals surface area contributed by atoms with Crippen molar-refractivity contribution in [1.29, 1.82) is 0 Å². The number of benzene rings is 2. The summed E-state index contributed by atoms with van der Waals surface area (Å²) < 4.78 is 12.6. The summed E-state index contributed by atoms with van der Waals surface area (Å²) >= 11 is 0. The molecule has 3 heterocycles. The van der Waals surface area contributed by atoms with Gasteiger partial charge in [-0.1, -0.05) is 61.5 Å². The van der Waals surface area contributed by atoms with E-state index in [1.807, 2.05) is 76.2 Å². The fourth-order valence-corrected chi connectivity index (χ4v) is 7.76. The van der Waals surface area contributed by atoms with Crippen molar-refractivity contribution < 1.29 is 29.0 Å². The Balaban J connectivity index is 1.66. The minimum atomic E-state index is -1.29. The number of carbonyl (C=O) groups excluding carboxylic acids is 3. The topological polar surface area (TPSA) is 96.4 Å². The highest BCUT2D eigenvalue weighted by atomic mass is 16.6. The van der Waals surface area contributed by atoms with E-state index < -0.39 is 47.7 Å². The first-order valence-electron chi connectivity index (χ1n) is 15.5. The van der Waals surface area contributed by atoms with Crippen LogP contribution >= 0.6 is 0 Å². The standard InChI is InChI=1S/C36H44N2O6/c1-7-9-13-19-43-34(42)30-29-32(40)38(28(22-39)26-14-11-10-12-15-26)31(36(29)21-25(5)35(30,6)44-36)33(41)37(18-8-2)27-20-23(3)16-17-24(27)4/h7-8,10-12,14-17,20,25,28-31,39H,1-2,9,13,18-19,21-22H2,3-6H3/t25?,28-,29+,30+,31?,35-,36?/m1/s1. The molecule has 0 aliphatic carbocycles. The summed E-state index contributed by atoms with van der Waals surface area (Å²) in [6.07, 6.45) is 5.17. The second-order valence-corrected chi connectivity index (χ2v) is 12.7. The molecule has 5 rings (SSSR count). The molecule has 3 fully saturated rings. The van der Waals surface area contributed by atoms with Crippen LogP contribution in [0.3, 0.4) is 0 Å². The largest absolute Gasteiger partial charge is 0.465 e. The lowest BCUT2D eigenvalue weighted by Gasteiger charge is -2.40. The van der Waals surface area contributed by atoms with Crippen LogP contribution in [-0.2, 0) is 23.9 Å². The predicted octanol–water partition coefficient (Wildman–Crippen LogP) is 5.08. The van der Waals surface area contributed by atoms with Gasteiger partial charge in [0.15, 0.2) is 0 Å². The normalized spacial score (nSPS) is 29.3. The van der Waals surface area contributed by atoms with E-state index in [1.165, 1.54) is 4.90 Å². The summed E-state index contributed by atoms with van der Waals surface area (Å²) in [5.41, 5.74) is 1.01. The number of aliphatic hydroxyl groups excluding tert-OH is 1. The molecule has 0 radical (unpaired) electrons. The number of anilines is 1. The number of aliphatic hydroxyl groups is 1. The summed E-state index contributed by atoms with van der Waals surface area (Å²) in [6, 6.07) is 13.2. The number of unbranched alkanes of at least 4 members (excludes halogenated alkanes) is 1. The maximum Gasteiger partial charge on any atom is 0.312 e. The monoisotopic (exact) mass is 600 g/mol. The van der Waals surface area contributed by atoms with Crippen molar-refractivity contribution in [3.8, 4) is 0 Å². The SMILES string of the molecule is C=CCCCOC(=O)[C@@H]1[C@H]2C(=O)N([C@H](CO)c3ccccc3)C(C(=O)N(CC=C)c3cc(C)ccc3C)C23CC(C)[C@@]1(C)O3. The van der Waals surface area contributed by atoms with E-state index in [1.54, 1.807) is 17.1 Å². The fraction of sp³-hybridized carbons (Fsp3) is 0.472. The highest BCUT2D eigenvalue weighted by molar-refractivity contribution is 6.05. The van der Waals surface area contributed by atoms with Crippen LogP contribution in [0.5, 0.6) is 0 Å². The molecule has 2 bridgehead atoms. The number of likely N-dealkylation sites (tertiary alicyclic amines) is 1. The highest BCUT2D eigenvalue weighted by Gasteiger charge is 2.81. The molecule has 1 spiro atoms. The number of nitrogens with zero attached hydrogens (tertiary/aromatic N) is 2. The van der Waals surface area contributed by atoms with E-state index in [0.717, 1.165) is 11.1 Å². The Morgan fingerprint density at radius 1 is 1.18 bits per heavy atom. The van der Waals surface area contributed by atoms with Gasteiger partial charge in [0.1, 0.15) is 17.6 Å². The number of amides is 2. The minimum Gasteiger partial charge on any atom is -0.465 e. The second-order valence-electron chi connectivity index (χ2n) is 12.7. The van der Waals surface area contributed by atoms with E-state index in [4.69, 9.17) is 9.47 Å². The zero-order valence-corrected chi connectivity index (χ0v) is 26.2. The van der Waals surface area contributed by atoms with Gasteiger partial charge in [-0.15, -0.1) is 13.2 Å². The number of carbonyl (C=O) groups is 3. The maximum absolute atomic E-state index is 15.1. The Morgan fingerprint density at radius 2 is 1.91 bits per heavy atom. The van der Waals surface area contributed by atoms with Crippen molar-refractivity contribution in [2.75, 3.05) is 24.7 Å². The number of hydrogen-bond acceptors (Lipinski definition) is 6. The van der Waals surface area contributed by atoms with Gasteiger partial charge < -0.3 is 24.4 Å². The van der Waals surface area contributed by atoms with Crippen LogP contribution in [0.25, 0.3) is 0 Å². The van der Waals surface area contributed by atoms with E-state index >= 15 is 4.79 Å². The van der Waals surface area contributed by atoms with Crippen LogP contribution in [0.1, 0.15) is 55.8 Å². The van der Waals surface area contributed by atoms with Gasteiger partial charge >= 0.3 is 5.97 Å². The van der Waals surface area contributed by atoms with Crippen molar-refractivity contribution in [1.82, 2.24) is 4.90 Å². The molecule has 3 aliphatic rings. The molecule has 3 saturated heterocycles. The Morgan fingerprint density at radius 3 is 2.57 bits per heavy atom. The van der Waals surface area contributed by atoms with Crippen LogP contribution in [-0.4, -0.2) is 64.8 Å². The van der Waals surface area contributed by atoms with E-state index in [0.29, 0.717) is 30.5 Å². The first-order chi connectivity index (χ1) is 21.0. The highest BCUT2D eigenvalue weighted by Crippen LogP contribution is 2.66. The van der Waals surface area contributed by atoms with Crippen LogP contribution in [0, 0.1) is 31.6 Å². The second kappa shape index (κ2) is 12.3. The average molecular weight is 601 g/mol. The van der Waals surface area contributed by atoms with Gasteiger partial charge in [-0.3, -0.25) is 14.4 Å². The Labute approximate surface area is 260 Å². The first kappa shape index (κ1) is 31.7. The maximum atomic E-state index is 15.1. The number of fused-ring (bicyclic) bond motifs is 1. The van der Waals surface area contributed by atoms with Crippen molar-refractivity contribution in [2.24, 2.45) is 17.8 Å². The molecule has 8 heteroatoms. The quantitative estimate of drug-likeness (QED) is 0.208. The van der Waals surface area contributed by atoms with Crippen LogP contribution in [0.15, 0.2) is 73.8 Å². The molecular weight excluding hydrogens is 556 g/mol. The Hall–Kier alpha value is -3.75. The summed E-state index contributed by atoms with van der Waals surface area (Å²) in [6.45, 7) is 15.4. The van der Waals surface area contributed by atoms with Crippen molar-refractivity contribution in [2.45, 2.75) is 70.2 Å². The van der Waals surface area contributed by atoms with Gasteiger partial charge in [-0.25, -0.2) is 0 Å². The zero-order chi connectivity index (χ0) is 31.8. The van der Waals surface area contributed by atoms with Crippen LogP contribution in [0.4, 0.5) is 5.69 Å². The van der Waals surface area contributed by atoms with Crippen molar-refractivity contribution in [3.05, 3.63) is 90.5 Å². The molecule has 44 heavy (non-hydrogen) atoms. The predicted molar refractivity (Wildman–Crippen MR) is 169 cm³/mol. The van der Waals surface area contributed by atoms with E-state index in [-0.39, 0.29) is 30.9 Å². The van der Waals surface area contributed by atoms with E-state index in [9.17, 15) is 14.7 Å². The number of hydrogen-bond donors (Lipinski definition) is 1. The molecule has 234 valence electrons.